The molecule has 0 heterocycles. The number of carbonyl (C=O) groups excluding carboxylic acids is 2. The van der Waals surface area contributed by atoms with Crippen molar-refractivity contribution in [1.82, 2.24) is 9.80 Å². The largest absolute Gasteiger partial charge is 0.358 e. The fraction of sp³-hybridized carbons (Fsp3) is 0.304. The Hall–Kier alpha value is -2.44. The van der Waals surface area contributed by atoms with Gasteiger partial charge >= 0.3 is 0 Å². The summed E-state index contributed by atoms with van der Waals surface area (Å²) in [7, 11) is 3.56. The molecule has 29 heavy (non-hydrogen) atoms. The fourth-order valence-electron chi connectivity index (χ4n) is 3.07. The average molecular weight is 427 g/mol. The average Bonchev–Trinajstić information content (AvgIpc) is 2.74. The molecule has 0 aliphatic rings. The SMILES string of the molecule is CCC(C(=O)CN(C)C(=S)c1ccccc1)C(=O)CN(C)C(=S)c1ccccc1. The molecule has 0 bridgehead atoms. The Morgan fingerprint density at radius 1 is 0.759 bits per heavy atom. The quantitative estimate of drug-likeness (QED) is 0.449. The molecule has 4 nitrogen and oxygen atoms in total. The zero-order valence-corrected chi connectivity index (χ0v) is 18.6. The van der Waals surface area contributed by atoms with Crippen molar-refractivity contribution in [2.75, 3.05) is 27.2 Å². The summed E-state index contributed by atoms with van der Waals surface area (Å²) >= 11 is 10.9. The zero-order valence-electron chi connectivity index (χ0n) is 17.0. The highest BCUT2D eigenvalue weighted by Crippen LogP contribution is 2.12. The van der Waals surface area contributed by atoms with Gasteiger partial charge in [0.25, 0.3) is 0 Å². The van der Waals surface area contributed by atoms with Gasteiger partial charge in [-0.3, -0.25) is 9.59 Å². The first kappa shape index (κ1) is 22.8. The minimum atomic E-state index is -0.669. The molecule has 0 unspecified atom stereocenters. The van der Waals surface area contributed by atoms with Crippen molar-refractivity contribution >= 4 is 46.0 Å². The summed E-state index contributed by atoms with van der Waals surface area (Å²) in [6, 6.07) is 19.1. The topological polar surface area (TPSA) is 40.6 Å². The highest BCUT2D eigenvalue weighted by Gasteiger charge is 2.27. The number of ketones is 2. The molecule has 0 atom stereocenters. The molecule has 152 valence electrons. The maximum atomic E-state index is 12.8. The molecule has 2 aromatic carbocycles. The molecule has 0 aliphatic carbocycles. The lowest BCUT2D eigenvalue weighted by Gasteiger charge is -2.24. The van der Waals surface area contributed by atoms with Crippen molar-refractivity contribution < 1.29 is 9.59 Å². The number of hydrogen-bond acceptors (Lipinski definition) is 4. The Balaban J connectivity index is 1.98. The molecule has 2 rings (SSSR count). The minimum Gasteiger partial charge on any atom is -0.358 e. The summed E-state index contributed by atoms with van der Waals surface area (Å²) in [6.07, 6.45) is 0.454. The van der Waals surface area contributed by atoms with E-state index in [1.807, 2.05) is 67.6 Å². The molecule has 0 spiro atoms. The van der Waals surface area contributed by atoms with Gasteiger partial charge in [-0.1, -0.05) is 92.0 Å². The molecule has 0 aliphatic heterocycles. The molecule has 0 amide bonds. The molecule has 0 aromatic heterocycles. The Morgan fingerprint density at radius 2 is 1.10 bits per heavy atom. The van der Waals surface area contributed by atoms with Crippen LogP contribution in [0.1, 0.15) is 24.5 Å². The predicted octanol–water partition coefficient (Wildman–Crippen LogP) is 3.77. The molecule has 0 saturated heterocycles. The van der Waals surface area contributed by atoms with E-state index in [2.05, 4.69) is 0 Å². The summed E-state index contributed by atoms with van der Waals surface area (Å²) in [5.74, 6) is -0.924. The first-order valence-corrected chi connectivity index (χ1v) is 10.3. The first-order valence-electron chi connectivity index (χ1n) is 9.51. The second-order valence-electron chi connectivity index (χ2n) is 6.95. The van der Waals surface area contributed by atoms with Gasteiger partial charge in [0.2, 0.25) is 0 Å². The van der Waals surface area contributed by atoms with E-state index in [0.29, 0.717) is 16.4 Å². The smallest absolute Gasteiger partial charge is 0.162 e. The fourth-order valence-corrected chi connectivity index (χ4v) is 3.47. The molecule has 0 N–H and O–H groups in total. The highest BCUT2D eigenvalue weighted by molar-refractivity contribution is 7.80. The van der Waals surface area contributed by atoms with Crippen LogP contribution in [0.2, 0.25) is 0 Å². The number of Topliss-reactive ketones (excluding diaryl/α,β-unsaturated/α-hetero) is 2. The molecule has 0 fully saturated rings. The van der Waals surface area contributed by atoms with Crippen molar-refractivity contribution in [1.29, 1.82) is 0 Å². The van der Waals surface area contributed by atoms with Crippen molar-refractivity contribution in [2.24, 2.45) is 5.92 Å². The van der Waals surface area contributed by atoms with E-state index in [0.717, 1.165) is 11.1 Å². The van der Waals surface area contributed by atoms with Crippen LogP contribution in [-0.4, -0.2) is 58.5 Å². The summed E-state index contributed by atoms with van der Waals surface area (Å²) in [6.45, 7) is 2.06. The maximum Gasteiger partial charge on any atom is 0.162 e. The van der Waals surface area contributed by atoms with Gasteiger partial charge in [0.05, 0.1) is 19.0 Å². The lowest BCUT2D eigenvalue weighted by atomic mass is 9.95. The standard InChI is InChI=1S/C23H26N2O2S2/c1-4-19(20(26)15-24(2)22(28)17-11-7-5-8-12-17)21(27)16-25(3)23(29)18-13-9-6-10-14-18/h5-14,19H,4,15-16H2,1-3H3. The van der Waals surface area contributed by atoms with Gasteiger partial charge in [-0.2, -0.15) is 0 Å². The molecule has 0 saturated carbocycles. The Bertz CT molecular complexity index is 797. The van der Waals surface area contributed by atoms with E-state index in [-0.39, 0.29) is 24.7 Å². The summed E-state index contributed by atoms with van der Waals surface area (Å²) in [5.41, 5.74) is 1.76. The summed E-state index contributed by atoms with van der Waals surface area (Å²) < 4.78 is 0. The Morgan fingerprint density at radius 3 is 1.41 bits per heavy atom. The number of thiocarbonyl (C=S) groups is 2. The van der Waals surface area contributed by atoms with Crippen LogP contribution >= 0.6 is 24.4 Å². The van der Waals surface area contributed by atoms with Crippen LogP contribution < -0.4 is 0 Å². The number of rotatable bonds is 9. The number of likely N-dealkylation sites (N-methyl/N-ethyl adjacent to an activating group) is 2. The van der Waals surface area contributed by atoms with Gasteiger partial charge in [-0.05, 0) is 6.42 Å². The van der Waals surface area contributed by atoms with Crippen LogP contribution in [0.3, 0.4) is 0 Å². The van der Waals surface area contributed by atoms with E-state index in [1.54, 1.807) is 23.9 Å². The van der Waals surface area contributed by atoms with Crippen LogP contribution in [0.5, 0.6) is 0 Å². The monoisotopic (exact) mass is 426 g/mol. The lowest BCUT2D eigenvalue weighted by Crippen LogP contribution is -2.40. The first-order chi connectivity index (χ1) is 13.8. The third-order valence-electron chi connectivity index (χ3n) is 4.71. The predicted molar refractivity (Wildman–Crippen MR) is 125 cm³/mol. The van der Waals surface area contributed by atoms with Gasteiger partial charge < -0.3 is 9.80 Å². The van der Waals surface area contributed by atoms with Crippen LogP contribution in [0.4, 0.5) is 0 Å². The van der Waals surface area contributed by atoms with Crippen molar-refractivity contribution in [3.63, 3.8) is 0 Å². The lowest BCUT2D eigenvalue weighted by molar-refractivity contribution is -0.133. The second-order valence-corrected chi connectivity index (χ2v) is 7.72. The third-order valence-corrected chi connectivity index (χ3v) is 5.80. The summed E-state index contributed by atoms with van der Waals surface area (Å²) in [5, 5.41) is 0. The van der Waals surface area contributed by atoms with Gasteiger partial charge in [-0.15, -0.1) is 0 Å². The number of carbonyl (C=O) groups is 2. The second kappa shape index (κ2) is 10.9. The maximum absolute atomic E-state index is 12.8. The van der Waals surface area contributed by atoms with Crippen LogP contribution in [0.25, 0.3) is 0 Å². The van der Waals surface area contributed by atoms with E-state index in [9.17, 15) is 9.59 Å². The van der Waals surface area contributed by atoms with E-state index in [1.165, 1.54) is 0 Å². The molecule has 0 radical (unpaired) electrons. The van der Waals surface area contributed by atoms with E-state index >= 15 is 0 Å². The van der Waals surface area contributed by atoms with E-state index < -0.39 is 5.92 Å². The third kappa shape index (κ3) is 6.27. The van der Waals surface area contributed by atoms with Gasteiger partial charge in [-0.25, -0.2) is 0 Å². The van der Waals surface area contributed by atoms with Gasteiger partial charge in [0, 0.05) is 25.2 Å². The van der Waals surface area contributed by atoms with Crippen molar-refractivity contribution in [3.05, 3.63) is 71.8 Å². The van der Waals surface area contributed by atoms with Crippen molar-refractivity contribution in [2.45, 2.75) is 13.3 Å². The van der Waals surface area contributed by atoms with Crippen LogP contribution in [-0.2, 0) is 9.59 Å². The van der Waals surface area contributed by atoms with Crippen LogP contribution in [0, 0.1) is 5.92 Å². The molecular weight excluding hydrogens is 400 g/mol. The van der Waals surface area contributed by atoms with Crippen LogP contribution in [0.15, 0.2) is 60.7 Å². The summed E-state index contributed by atoms with van der Waals surface area (Å²) in [4.78, 5) is 30.2. The van der Waals surface area contributed by atoms with Gasteiger partial charge in [0.1, 0.15) is 9.98 Å². The normalized spacial score (nSPS) is 10.5. The molecule has 6 heteroatoms. The number of hydrogen-bond donors (Lipinski definition) is 0. The Labute approximate surface area is 183 Å². The number of benzene rings is 2. The molecular formula is C23H26N2O2S2. The van der Waals surface area contributed by atoms with Crippen molar-refractivity contribution in [3.8, 4) is 0 Å². The number of nitrogens with zero attached hydrogens (tertiary/aromatic N) is 2. The molecule has 2 aromatic rings. The Kier molecular flexibility index (Phi) is 8.61. The highest BCUT2D eigenvalue weighted by atomic mass is 32.1. The zero-order chi connectivity index (χ0) is 21.4. The van der Waals surface area contributed by atoms with E-state index in [4.69, 9.17) is 24.4 Å². The minimum absolute atomic E-state index is 0.102. The van der Waals surface area contributed by atoms with Gasteiger partial charge in [0.15, 0.2) is 11.6 Å².